The summed E-state index contributed by atoms with van der Waals surface area (Å²) in [5.74, 6) is 5.20. The van der Waals surface area contributed by atoms with Crippen LogP contribution in [0.4, 0.5) is 0 Å². The molecule has 0 aromatic carbocycles. The number of hydrogen-bond donors (Lipinski definition) is 2. The highest BCUT2D eigenvalue weighted by Gasteiger charge is 2.40. The fourth-order valence-electron chi connectivity index (χ4n) is 4.70. The lowest BCUT2D eigenvalue weighted by Crippen LogP contribution is -2.60. The Balaban J connectivity index is 0.00000261. The Labute approximate surface area is 187 Å². The van der Waals surface area contributed by atoms with Crippen molar-refractivity contribution >= 4 is 41.7 Å². The molecule has 2 aliphatic heterocycles. The minimum Gasteiger partial charge on any atom is -0.379 e. The van der Waals surface area contributed by atoms with E-state index >= 15 is 0 Å². The molecular weight excluding hydrogens is 471 g/mol. The summed E-state index contributed by atoms with van der Waals surface area (Å²) < 4.78 is 5.57. The van der Waals surface area contributed by atoms with E-state index in [1.54, 1.807) is 0 Å². The number of nitrogens with zero attached hydrogens (tertiary/aromatic N) is 2. The third-order valence-electron chi connectivity index (χ3n) is 6.63. The van der Waals surface area contributed by atoms with Crippen LogP contribution in [0.2, 0.25) is 0 Å². The second kappa shape index (κ2) is 11.5. The molecule has 0 aromatic rings. The van der Waals surface area contributed by atoms with Crippen LogP contribution >= 0.6 is 35.7 Å². The first kappa shape index (κ1) is 23.5. The number of morpholine rings is 1. The first-order chi connectivity index (χ1) is 12.6. The van der Waals surface area contributed by atoms with Crippen LogP contribution in [0.5, 0.6) is 0 Å². The fourth-order valence-corrected chi connectivity index (χ4v) is 6.18. The van der Waals surface area contributed by atoms with Gasteiger partial charge in [0.15, 0.2) is 5.96 Å². The average Bonchev–Trinajstić information content (AvgIpc) is 3.16. The van der Waals surface area contributed by atoms with E-state index in [9.17, 15) is 0 Å². The molecule has 7 heteroatoms. The molecule has 27 heavy (non-hydrogen) atoms. The predicted octanol–water partition coefficient (Wildman–Crippen LogP) is 3.19. The zero-order valence-corrected chi connectivity index (χ0v) is 20.5. The number of aliphatic imine (C=N–C) groups is 1. The zero-order valence-electron chi connectivity index (χ0n) is 17.3. The fraction of sp³-hybridized carbons (Fsp3) is 0.950. The van der Waals surface area contributed by atoms with E-state index in [2.05, 4.69) is 46.1 Å². The highest BCUT2D eigenvalue weighted by atomic mass is 127. The Hall–Kier alpha value is 0.270. The van der Waals surface area contributed by atoms with E-state index in [1.807, 2.05) is 7.05 Å². The topological polar surface area (TPSA) is 48.9 Å². The summed E-state index contributed by atoms with van der Waals surface area (Å²) in [6.45, 7) is 9.59. The Bertz CT molecular complexity index is 457. The van der Waals surface area contributed by atoms with Crippen LogP contribution in [0.15, 0.2) is 4.99 Å². The molecule has 158 valence electrons. The van der Waals surface area contributed by atoms with Gasteiger partial charge in [-0.3, -0.25) is 9.89 Å². The number of ether oxygens (including phenoxy) is 1. The maximum absolute atomic E-state index is 5.57. The van der Waals surface area contributed by atoms with Gasteiger partial charge in [0.2, 0.25) is 0 Å². The molecule has 2 saturated heterocycles. The molecular formula is C20H39IN4OS. The van der Waals surface area contributed by atoms with Crippen molar-refractivity contribution in [2.24, 2.45) is 16.8 Å². The molecule has 0 bridgehead atoms. The van der Waals surface area contributed by atoms with E-state index in [4.69, 9.17) is 4.74 Å². The number of halogens is 1. The summed E-state index contributed by atoms with van der Waals surface area (Å²) in [6.07, 6.45) is 6.50. The first-order valence-corrected chi connectivity index (χ1v) is 11.7. The van der Waals surface area contributed by atoms with Gasteiger partial charge in [0.05, 0.1) is 13.2 Å². The largest absolute Gasteiger partial charge is 0.379 e. The van der Waals surface area contributed by atoms with E-state index in [0.717, 1.165) is 50.6 Å². The average molecular weight is 511 g/mol. The lowest BCUT2D eigenvalue weighted by Gasteiger charge is -2.43. The summed E-state index contributed by atoms with van der Waals surface area (Å²) in [6, 6.07) is 0.577. The summed E-state index contributed by atoms with van der Waals surface area (Å²) in [5.41, 5.74) is 0.265. The van der Waals surface area contributed by atoms with Gasteiger partial charge in [-0.2, -0.15) is 11.8 Å². The quantitative estimate of drug-likeness (QED) is 0.338. The molecule has 0 amide bonds. The van der Waals surface area contributed by atoms with Crippen LogP contribution in [0, 0.1) is 11.8 Å². The molecule has 2 heterocycles. The predicted molar refractivity (Wildman–Crippen MR) is 128 cm³/mol. The highest BCUT2D eigenvalue weighted by molar-refractivity contribution is 14.0. The maximum Gasteiger partial charge on any atom is 0.191 e. The van der Waals surface area contributed by atoms with E-state index in [1.165, 1.54) is 43.6 Å². The van der Waals surface area contributed by atoms with Crippen LogP contribution in [-0.4, -0.2) is 73.8 Å². The molecule has 1 atom stereocenters. The smallest absolute Gasteiger partial charge is 0.191 e. The number of nitrogens with one attached hydrogen (secondary N) is 2. The van der Waals surface area contributed by atoms with Crippen molar-refractivity contribution in [3.05, 3.63) is 0 Å². The van der Waals surface area contributed by atoms with E-state index in [-0.39, 0.29) is 29.5 Å². The molecule has 0 aromatic heterocycles. The second-order valence-electron chi connectivity index (χ2n) is 8.55. The molecule has 1 aliphatic carbocycles. The van der Waals surface area contributed by atoms with Crippen molar-refractivity contribution in [1.82, 2.24) is 15.5 Å². The van der Waals surface area contributed by atoms with E-state index in [0.29, 0.717) is 6.04 Å². The highest BCUT2D eigenvalue weighted by Crippen LogP contribution is 2.34. The van der Waals surface area contributed by atoms with Crippen LogP contribution in [0.1, 0.15) is 46.0 Å². The Morgan fingerprint density at radius 2 is 1.93 bits per heavy atom. The van der Waals surface area contributed by atoms with Crippen LogP contribution in [0.25, 0.3) is 0 Å². The van der Waals surface area contributed by atoms with Crippen LogP contribution < -0.4 is 10.6 Å². The van der Waals surface area contributed by atoms with Gasteiger partial charge in [0, 0.05) is 44.0 Å². The number of rotatable bonds is 5. The van der Waals surface area contributed by atoms with Crippen LogP contribution in [0.3, 0.4) is 0 Å². The lowest BCUT2D eigenvalue weighted by atomic mass is 9.80. The molecule has 3 aliphatic rings. The molecule has 0 radical (unpaired) electrons. The second-order valence-corrected chi connectivity index (χ2v) is 9.66. The lowest BCUT2D eigenvalue weighted by molar-refractivity contribution is -0.0120. The molecule has 0 spiro atoms. The standard InChI is InChI=1S/C20H38N4OS.HI/c1-16(2)17-4-6-18(7-5-17)23-19(21-3)22-14-20(8-13-26-15-20)24-9-11-25-12-10-24;/h16-18H,4-15H2,1-3H3,(H2,21,22,23);1H. The summed E-state index contributed by atoms with van der Waals surface area (Å²) in [7, 11) is 1.90. The molecule has 1 unspecified atom stereocenters. The molecule has 2 N–H and O–H groups in total. The summed E-state index contributed by atoms with van der Waals surface area (Å²) >= 11 is 2.09. The zero-order chi connectivity index (χ0) is 18.4. The van der Waals surface area contributed by atoms with E-state index < -0.39 is 0 Å². The Kier molecular flexibility index (Phi) is 9.99. The van der Waals surface area contributed by atoms with Gasteiger partial charge in [-0.05, 0) is 49.7 Å². The van der Waals surface area contributed by atoms with Crippen molar-refractivity contribution in [2.75, 3.05) is 51.4 Å². The van der Waals surface area contributed by atoms with Gasteiger partial charge >= 0.3 is 0 Å². The van der Waals surface area contributed by atoms with Gasteiger partial charge in [0.25, 0.3) is 0 Å². The molecule has 3 fully saturated rings. The Morgan fingerprint density at radius 3 is 2.48 bits per heavy atom. The Morgan fingerprint density at radius 1 is 1.22 bits per heavy atom. The van der Waals surface area contributed by atoms with Crippen molar-refractivity contribution < 1.29 is 4.74 Å². The number of thioether (sulfide) groups is 1. The van der Waals surface area contributed by atoms with Gasteiger partial charge in [0.1, 0.15) is 0 Å². The number of guanidine groups is 1. The SMILES string of the molecule is CN=C(NCC1(N2CCOCC2)CCSC1)NC1CCC(C(C)C)CC1.I. The van der Waals surface area contributed by atoms with Crippen molar-refractivity contribution in [1.29, 1.82) is 0 Å². The maximum atomic E-state index is 5.57. The van der Waals surface area contributed by atoms with Gasteiger partial charge in [-0.25, -0.2) is 0 Å². The first-order valence-electron chi connectivity index (χ1n) is 10.5. The summed E-state index contributed by atoms with van der Waals surface area (Å²) in [4.78, 5) is 7.18. The monoisotopic (exact) mass is 510 g/mol. The number of hydrogen-bond acceptors (Lipinski definition) is 4. The molecule has 1 saturated carbocycles. The minimum absolute atomic E-state index is 0. The third-order valence-corrected chi connectivity index (χ3v) is 7.86. The van der Waals surface area contributed by atoms with Gasteiger partial charge in [-0.15, -0.1) is 24.0 Å². The molecule has 5 nitrogen and oxygen atoms in total. The van der Waals surface area contributed by atoms with Crippen molar-refractivity contribution in [3.8, 4) is 0 Å². The van der Waals surface area contributed by atoms with Gasteiger partial charge < -0.3 is 15.4 Å². The normalized spacial score (nSPS) is 33.0. The van der Waals surface area contributed by atoms with Gasteiger partial charge in [-0.1, -0.05) is 13.8 Å². The molecule has 3 rings (SSSR count). The minimum atomic E-state index is 0. The third kappa shape index (κ3) is 6.37. The van der Waals surface area contributed by atoms with Crippen LogP contribution in [-0.2, 0) is 4.74 Å². The van der Waals surface area contributed by atoms with Crippen molar-refractivity contribution in [3.63, 3.8) is 0 Å². The summed E-state index contributed by atoms with van der Waals surface area (Å²) in [5, 5.41) is 7.37. The van der Waals surface area contributed by atoms with Crippen molar-refractivity contribution in [2.45, 2.75) is 57.5 Å².